The van der Waals surface area contributed by atoms with Crippen LogP contribution in [0.25, 0.3) is 6.08 Å². The maximum absolute atomic E-state index is 4.53. The molecular weight excluding hydrogens is 230 g/mol. The van der Waals surface area contributed by atoms with E-state index in [0.717, 1.165) is 11.4 Å². The molecule has 0 spiro atoms. The van der Waals surface area contributed by atoms with Crippen LogP contribution >= 0.6 is 0 Å². The number of hydrogen-bond donors (Lipinski definition) is 0. The van der Waals surface area contributed by atoms with Gasteiger partial charge in [0.05, 0.1) is 0 Å². The van der Waals surface area contributed by atoms with Gasteiger partial charge in [0.15, 0.2) is 0 Å². The summed E-state index contributed by atoms with van der Waals surface area (Å²) in [5.74, 6) is 0. The van der Waals surface area contributed by atoms with Crippen LogP contribution in [0.15, 0.2) is 12.1 Å². The van der Waals surface area contributed by atoms with Crippen LogP contribution in [0.2, 0.25) is 0 Å². The largest absolute Gasteiger partial charge is 0.258 e. The number of hydrogen-bond acceptors (Lipinski definition) is 1. The molecule has 0 bridgehead atoms. The van der Waals surface area contributed by atoms with E-state index in [0.29, 0.717) is 0 Å². The van der Waals surface area contributed by atoms with Crippen LogP contribution in [0.5, 0.6) is 0 Å². The zero-order valence-corrected chi connectivity index (χ0v) is 13.1. The first-order chi connectivity index (χ1) is 9.15. The lowest BCUT2D eigenvalue weighted by Crippen LogP contribution is -1.93. The first kappa shape index (κ1) is 15.9. The van der Waals surface area contributed by atoms with E-state index >= 15 is 0 Å². The van der Waals surface area contributed by atoms with Crippen LogP contribution < -0.4 is 0 Å². The minimum absolute atomic E-state index is 1.11. The summed E-state index contributed by atoms with van der Waals surface area (Å²) in [6.45, 7) is 8.60. The summed E-state index contributed by atoms with van der Waals surface area (Å²) in [7, 11) is 0. The second-order valence-electron chi connectivity index (χ2n) is 5.54. The van der Waals surface area contributed by atoms with E-state index in [1.165, 1.54) is 56.1 Å². The van der Waals surface area contributed by atoms with Crippen molar-refractivity contribution in [3.8, 4) is 0 Å². The van der Waals surface area contributed by atoms with Crippen molar-refractivity contribution in [2.24, 2.45) is 0 Å². The van der Waals surface area contributed by atoms with Crippen molar-refractivity contribution in [3.05, 3.63) is 34.7 Å². The molecule has 1 aromatic heterocycles. The Hall–Kier alpha value is -1.11. The van der Waals surface area contributed by atoms with Crippen molar-refractivity contribution in [2.75, 3.05) is 0 Å². The summed E-state index contributed by atoms with van der Waals surface area (Å²) >= 11 is 0. The quantitative estimate of drug-likeness (QED) is 0.540. The molecule has 0 aliphatic carbocycles. The molecule has 1 nitrogen and oxygen atoms in total. The van der Waals surface area contributed by atoms with E-state index < -0.39 is 0 Å². The second kappa shape index (κ2) is 8.90. The third kappa shape index (κ3) is 6.04. The maximum atomic E-state index is 4.53. The Morgan fingerprint density at radius 1 is 1.00 bits per heavy atom. The average Bonchev–Trinajstić information content (AvgIpc) is 2.35. The minimum Gasteiger partial charge on any atom is -0.258 e. The van der Waals surface area contributed by atoms with Crippen molar-refractivity contribution in [1.29, 1.82) is 0 Å². The smallest absolute Gasteiger partial charge is 0.0450 e. The molecule has 0 amide bonds. The number of unbranched alkanes of at least 4 members (excludes halogenated alkanes) is 6. The van der Waals surface area contributed by atoms with Crippen LogP contribution in [0.3, 0.4) is 0 Å². The SMILES string of the molecule is CCCCCCCC/C=C/c1c(C)cc(C)nc1C. The van der Waals surface area contributed by atoms with Gasteiger partial charge in [-0.3, -0.25) is 4.98 Å². The van der Waals surface area contributed by atoms with E-state index in [4.69, 9.17) is 0 Å². The first-order valence-corrected chi connectivity index (χ1v) is 7.76. The van der Waals surface area contributed by atoms with Crippen molar-refractivity contribution < 1.29 is 0 Å². The normalized spacial score (nSPS) is 11.4. The number of nitrogens with zero attached hydrogens (tertiary/aromatic N) is 1. The van der Waals surface area contributed by atoms with Crippen molar-refractivity contribution in [1.82, 2.24) is 4.98 Å². The summed E-state index contributed by atoms with van der Waals surface area (Å²) in [5.41, 5.74) is 4.90. The summed E-state index contributed by atoms with van der Waals surface area (Å²) in [6, 6.07) is 2.16. The highest BCUT2D eigenvalue weighted by Gasteiger charge is 2.01. The van der Waals surface area contributed by atoms with E-state index in [1.807, 2.05) is 0 Å². The van der Waals surface area contributed by atoms with Crippen LogP contribution in [0, 0.1) is 20.8 Å². The lowest BCUT2D eigenvalue weighted by Gasteiger charge is -2.06. The number of aromatic nitrogens is 1. The van der Waals surface area contributed by atoms with Gasteiger partial charge in [0.2, 0.25) is 0 Å². The Balaban J connectivity index is 2.33. The number of allylic oxidation sites excluding steroid dienone is 1. The fourth-order valence-electron chi connectivity index (χ4n) is 2.53. The summed E-state index contributed by atoms with van der Waals surface area (Å²) in [6.07, 6.45) is 14.0. The molecule has 0 atom stereocenters. The molecule has 0 aliphatic heterocycles. The van der Waals surface area contributed by atoms with Crippen molar-refractivity contribution in [2.45, 2.75) is 72.6 Å². The predicted molar refractivity (Wildman–Crippen MR) is 85.5 cm³/mol. The topological polar surface area (TPSA) is 12.9 Å². The number of rotatable bonds is 8. The molecule has 19 heavy (non-hydrogen) atoms. The van der Waals surface area contributed by atoms with Crippen LogP contribution in [-0.2, 0) is 0 Å². The highest BCUT2D eigenvalue weighted by molar-refractivity contribution is 5.55. The summed E-state index contributed by atoms with van der Waals surface area (Å²) < 4.78 is 0. The van der Waals surface area contributed by atoms with Crippen LogP contribution in [0.1, 0.15) is 74.4 Å². The Kier molecular flexibility index (Phi) is 7.47. The van der Waals surface area contributed by atoms with Gasteiger partial charge >= 0.3 is 0 Å². The van der Waals surface area contributed by atoms with Gasteiger partial charge in [-0.2, -0.15) is 0 Å². The lowest BCUT2D eigenvalue weighted by atomic mass is 10.0. The molecule has 1 heterocycles. The van der Waals surface area contributed by atoms with Crippen molar-refractivity contribution in [3.63, 3.8) is 0 Å². The molecule has 1 rings (SSSR count). The zero-order valence-electron chi connectivity index (χ0n) is 13.1. The van der Waals surface area contributed by atoms with Gasteiger partial charge in [0.25, 0.3) is 0 Å². The fraction of sp³-hybridized carbons (Fsp3) is 0.611. The minimum atomic E-state index is 1.11. The van der Waals surface area contributed by atoms with Gasteiger partial charge in [-0.25, -0.2) is 0 Å². The highest BCUT2D eigenvalue weighted by Crippen LogP contribution is 2.16. The Labute approximate surface area is 119 Å². The van der Waals surface area contributed by atoms with E-state index in [2.05, 4.69) is 50.9 Å². The maximum Gasteiger partial charge on any atom is 0.0450 e. The van der Waals surface area contributed by atoms with E-state index in [-0.39, 0.29) is 0 Å². The van der Waals surface area contributed by atoms with E-state index in [9.17, 15) is 0 Å². The Morgan fingerprint density at radius 3 is 2.37 bits per heavy atom. The summed E-state index contributed by atoms with van der Waals surface area (Å²) in [4.78, 5) is 4.53. The molecule has 0 unspecified atom stereocenters. The number of pyridine rings is 1. The molecule has 0 saturated carbocycles. The molecular formula is C18H29N. The molecule has 0 N–H and O–H groups in total. The zero-order chi connectivity index (χ0) is 14.1. The van der Waals surface area contributed by atoms with Gasteiger partial charge in [0, 0.05) is 11.4 Å². The van der Waals surface area contributed by atoms with Gasteiger partial charge in [0.1, 0.15) is 0 Å². The van der Waals surface area contributed by atoms with Crippen LogP contribution in [0.4, 0.5) is 0 Å². The average molecular weight is 259 g/mol. The van der Waals surface area contributed by atoms with Gasteiger partial charge in [-0.1, -0.05) is 51.2 Å². The van der Waals surface area contributed by atoms with Crippen molar-refractivity contribution >= 4 is 6.08 Å². The predicted octanol–water partition coefficient (Wildman–Crippen LogP) is 5.77. The van der Waals surface area contributed by atoms with Gasteiger partial charge < -0.3 is 0 Å². The second-order valence-corrected chi connectivity index (χ2v) is 5.54. The third-order valence-corrected chi connectivity index (χ3v) is 3.59. The first-order valence-electron chi connectivity index (χ1n) is 7.76. The van der Waals surface area contributed by atoms with E-state index in [1.54, 1.807) is 0 Å². The highest BCUT2D eigenvalue weighted by atomic mass is 14.7. The molecule has 0 aliphatic rings. The van der Waals surface area contributed by atoms with Gasteiger partial charge in [-0.15, -0.1) is 0 Å². The molecule has 0 aromatic carbocycles. The van der Waals surface area contributed by atoms with Gasteiger partial charge in [-0.05, 0) is 50.8 Å². The Morgan fingerprint density at radius 2 is 1.68 bits per heavy atom. The molecule has 1 heteroatoms. The van der Waals surface area contributed by atoms with Crippen LogP contribution in [-0.4, -0.2) is 4.98 Å². The molecule has 106 valence electrons. The molecule has 1 aromatic rings. The molecule has 0 saturated heterocycles. The molecule has 0 radical (unpaired) electrons. The number of aryl methyl sites for hydroxylation is 3. The monoisotopic (exact) mass is 259 g/mol. The fourth-order valence-corrected chi connectivity index (χ4v) is 2.53. The standard InChI is InChI=1S/C18H29N/c1-5-6-7-8-9-10-11-12-13-18-15(2)14-16(3)19-17(18)4/h12-14H,5-11H2,1-4H3/b13-12+. The Bertz CT molecular complexity index is 381. The lowest BCUT2D eigenvalue weighted by molar-refractivity contribution is 0.611. The third-order valence-electron chi connectivity index (χ3n) is 3.59. The summed E-state index contributed by atoms with van der Waals surface area (Å²) in [5, 5.41) is 0. The molecule has 0 fully saturated rings.